The lowest BCUT2D eigenvalue weighted by molar-refractivity contribution is 0.626. The van der Waals surface area contributed by atoms with Crippen molar-refractivity contribution < 1.29 is 4.39 Å². The topological polar surface area (TPSA) is 12.9 Å². The first-order valence-electron chi connectivity index (χ1n) is 6.65. The normalized spacial score (nSPS) is 12.1. The molecule has 0 bridgehead atoms. The molecule has 96 valence electrons. The number of hydrogen-bond donors (Lipinski definition) is 0. The van der Waals surface area contributed by atoms with Gasteiger partial charge in [-0.05, 0) is 34.7 Å². The van der Waals surface area contributed by atoms with Crippen molar-refractivity contribution in [3.05, 3.63) is 77.7 Å². The number of nitrogens with zero attached hydrogens (tertiary/aromatic N) is 1. The standard InChI is InChI=1S/C18H12FN/c19-13-8-9-20-18(11-13)16-7-3-6-15-14-5-2-1-4-12(14)10-17(15)16/h1-9,11H,10H2. The van der Waals surface area contributed by atoms with Crippen molar-refractivity contribution in [1.82, 2.24) is 4.98 Å². The van der Waals surface area contributed by atoms with E-state index in [1.807, 2.05) is 12.1 Å². The summed E-state index contributed by atoms with van der Waals surface area (Å²) in [5.74, 6) is -0.247. The highest BCUT2D eigenvalue weighted by atomic mass is 19.1. The van der Waals surface area contributed by atoms with Crippen LogP contribution in [0.3, 0.4) is 0 Å². The molecule has 2 heteroatoms. The second-order valence-electron chi connectivity index (χ2n) is 5.02. The summed E-state index contributed by atoms with van der Waals surface area (Å²) in [6, 6.07) is 17.5. The van der Waals surface area contributed by atoms with Gasteiger partial charge in [0.25, 0.3) is 0 Å². The molecule has 1 aromatic heterocycles. The average Bonchev–Trinajstić information content (AvgIpc) is 2.86. The SMILES string of the molecule is Fc1ccnc(-c2cccc3c2Cc2ccccc2-3)c1. The van der Waals surface area contributed by atoms with Crippen LogP contribution < -0.4 is 0 Å². The van der Waals surface area contributed by atoms with Crippen LogP contribution >= 0.6 is 0 Å². The molecule has 0 fully saturated rings. The Kier molecular flexibility index (Phi) is 2.43. The second kappa shape index (κ2) is 4.27. The summed E-state index contributed by atoms with van der Waals surface area (Å²) in [6.45, 7) is 0. The monoisotopic (exact) mass is 261 g/mol. The molecule has 0 atom stereocenters. The van der Waals surface area contributed by atoms with Crippen LogP contribution in [0.5, 0.6) is 0 Å². The van der Waals surface area contributed by atoms with E-state index in [2.05, 4.69) is 35.3 Å². The molecule has 0 spiro atoms. The van der Waals surface area contributed by atoms with Crippen LogP contribution in [0.4, 0.5) is 4.39 Å². The number of hydrogen-bond acceptors (Lipinski definition) is 1. The predicted octanol–water partition coefficient (Wildman–Crippen LogP) is 4.46. The lowest BCUT2D eigenvalue weighted by atomic mass is 9.99. The lowest BCUT2D eigenvalue weighted by Crippen LogP contribution is -1.91. The van der Waals surface area contributed by atoms with E-state index in [0.29, 0.717) is 5.69 Å². The molecule has 2 aromatic carbocycles. The fourth-order valence-corrected chi connectivity index (χ4v) is 2.95. The first-order valence-corrected chi connectivity index (χ1v) is 6.65. The highest BCUT2D eigenvalue weighted by Gasteiger charge is 2.21. The number of benzene rings is 2. The maximum atomic E-state index is 13.4. The van der Waals surface area contributed by atoms with E-state index in [9.17, 15) is 4.39 Å². The predicted molar refractivity (Wildman–Crippen MR) is 77.9 cm³/mol. The maximum absolute atomic E-state index is 13.4. The molecule has 0 saturated carbocycles. The zero-order valence-corrected chi connectivity index (χ0v) is 10.8. The lowest BCUT2D eigenvalue weighted by Gasteiger charge is -2.08. The van der Waals surface area contributed by atoms with Crippen molar-refractivity contribution in [3.63, 3.8) is 0 Å². The van der Waals surface area contributed by atoms with Gasteiger partial charge >= 0.3 is 0 Å². The average molecular weight is 261 g/mol. The molecule has 0 amide bonds. The summed E-state index contributed by atoms with van der Waals surface area (Å²) in [5.41, 5.74) is 6.82. The van der Waals surface area contributed by atoms with Crippen LogP contribution in [-0.4, -0.2) is 4.98 Å². The van der Waals surface area contributed by atoms with Crippen LogP contribution in [0.2, 0.25) is 0 Å². The van der Waals surface area contributed by atoms with Gasteiger partial charge in [0.1, 0.15) is 5.82 Å². The van der Waals surface area contributed by atoms with Crippen molar-refractivity contribution in [2.75, 3.05) is 0 Å². The number of aromatic nitrogens is 1. The van der Waals surface area contributed by atoms with E-state index in [4.69, 9.17) is 0 Å². The molecule has 20 heavy (non-hydrogen) atoms. The van der Waals surface area contributed by atoms with Gasteiger partial charge in [-0.15, -0.1) is 0 Å². The van der Waals surface area contributed by atoms with E-state index in [0.717, 1.165) is 12.0 Å². The summed E-state index contributed by atoms with van der Waals surface area (Å²) in [4.78, 5) is 4.31. The second-order valence-corrected chi connectivity index (χ2v) is 5.02. The number of halogens is 1. The Labute approximate surface area is 116 Å². The molecular formula is C18H12FN. The van der Waals surface area contributed by atoms with Crippen LogP contribution in [-0.2, 0) is 6.42 Å². The molecule has 4 rings (SSSR count). The fourth-order valence-electron chi connectivity index (χ4n) is 2.95. The van der Waals surface area contributed by atoms with Crippen LogP contribution in [0, 0.1) is 5.82 Å². The molecule has 0 aliphatic heterocycles. The third-order valence-electron chi connectivity index (χ3n) is 3.85. The van der Waals surface area contributed by atoms with Crippen molar-refractivity contribution >= 4 is 0 Å². The number of fused-ring (bicyclic) bond motifs is 3. The minimum Gasteiger partial charge on any atom is -0.256 e. The van der Waals surface area contributed by atoms with E-state index in [-0.39, 0.29) is 5.82 Å². The van der Waals surface area contributed by atoms with Crippen LogP contribution in [0.1, 0.15) is 11.1 Å². The molecule has 0 N–H and O–H groups in total. The first kappa shape index (κ1) is 11.4. The molecular weight excluding hydrogens is 249 g/mol. The summed E-state index contributed by atoms with van der Waals surface area (Å²) in [5, 5.41) is 0. The minimum absolute atomic E-state index is 0.247. The zero-order chi connectivity index (χ0) is 13.5. The smallest absolute Gasteiger partial charge is 0.126 e. The van der Waals surface area contributed by atoms with Gasteiger partial charge in [-0.2, -0.15) is 0 Å². The van der Waals surface area contributed by atoms with Gasteiger partial charge in [0.05, 0.1) is 5.69 Å². The quantitative estimate of drug-likeness (QED) is 0.493. The molecule has 1 heterocycles. The summed E-state index contributed by atoms with van der Waals surface area (Å²) >= 11 is 0. The van der Waals surface area contributed by atoms with Crippen LogP contribution in [0.25, 0.3) is 22.4 Å². The Hall–Kier alpha value is -2.48. The van der Waals surface area contributed by atoms with Gasteiger partial charge < -0.3 is 0 Å². The van der Waals surface area contributed by atoms with Gasteiger partial charge in [0, 0.05) is 17.8 Å². The minimum atomic E-state index is -0.247. The Morgan fingerprint density at radius 2 is 1.65 bits per heavy atom. The molecule has 1 nitrogen and oxygen atoms in total. The van der Waals surface area contributed by atoms with Crippen molar-refractivity contribution in [2.45, 2.75) is 6.42 Å². The van der Waals surface area contributed by atoms with Gasteiger partial charge in [-0.25, -0.2) is 4.39 Å². The third kappa shape index (κ3) is 1.65. The fraction of sp³-hybridized carbons (Fsp3) is 0.0556. The van der Waals surface area contributed by atoms with E-state index >= 15 is 0 Å². The molecule has 0 unspecified atom stereocenters. The Bertz CT molecular complexity index is 808. The van der Waals surface area contributed by atoms with Crippen molar-refractivity contribution in [2.24, 2.45) is 0 Å². The largest absolute Gasteiger partial charge is 0.256 e. The molecule has 1 aliphatic carbocycles. The summed E-state index contributed by atoms with van der Waals surface area (Å²) < 4.78 is 13.4. The zero-order valence-electron chi connectivity index (χ0n) is 10.8. The van der Waals surface area contributed by atoms with Gasteiger partial charge in [-0.1, -0.05) is 42.5 Å². The molecule has 0 radical (unpaired) electrons. The number of rotatable bonds is 1. The maximum Gasteiger partial charge on any atom is 0.126 e. The van der Waals surface area contributed by atoms with Gasteiger partial charge in [0.15, 0.2) is 0 Å². The van der Waals surface area contributed by atoms with Gasteiger partial charge in [-0.3, -0.25) is 4.98 Å². The highest BCUT2D eigenvalue weighted by molar-refractivity contribution is 5.83. The summed E-state index contributed by atoms with van der Waals surface area (Å²) in [7, 11) is 0. The van der Waals surface area contributed by atoms with E-state index < -0.39 is 0 Å². The summed E-state index contributed by atoms with van der Waals surface area (Å²) in [6.07, 6.45) is 2.41. The van der Waals surface area contributed by atoms with Crippen molar-refractivity contribution in [3.8, 4) is 22.4 Å². The van der Waals surface area contributed by atoms with Crippen LogP contribution in [0.15, 0.2) is 60.8 Å². The van der Waals surface area contributed by atoms with Gasteiger partial charge in [0.2, 0.25) is 0 Å². The first-order chi connectivity index (χ1) is 9.83. The number of pyridine rings is 1. The molecule has 3 aromatic rings. The van der Waals surface area contributed by atoms with E-state index in [1.54, 1.807) is 0 Å². The Balaban J connectivity index is 1.94. The Morgan fingerprint density at radius 3 is 2.55 bits per heavy atom. The van der Waals surface area contributed by atoms with Crippen molar-refractivity contribution in [1.29, 1.82) is 0 Å². The Morgan fingerprint density at radius 1 is 0.850 bits per heavy atom. The van der Waals surface area contributed by atoms with E-state index in [1.165, 1.54) is 40.6 Å². The highest BCUT2D eigenvalue weighted by Crippen LogP contribution is 2.40. The third-order valence-corrected chi connectivity index (χ3v) is 3.85. The molecule has 0 saturated heterocycles. The molecule has 1 aliphatic rings.